The molecule has 0 radical (unpaired) electrons. The van der Waals surface area contributed by atoms with Crippen LogP contribution >= 0.6 is 0 Å². The topological polar surface area (TPSA) is 63.6 Å². The highest BCUT2D eigenvalue weighted by Gasteiger charge is 2.24. The number of esters is 1. The van der Waals surface area contributed by atoms with E-state index in [1.807, 2.05) is 18.2 Å². The van der Waals surface area contributed by atoms with Crippen molar-refractivity contribution < 1.29 is 19.4 Å². The summed E-state index contributed by atoms with van der Waals surface area (Å²) in [6.07, 6.45) is -1.22. The van der Waals surface area contributed by atoms with Gasteiger partial charge in [-0.1, -0.05) is 60.7 Å². The van der Waals surface area contributed by atoms with Crippen LogP contribution in [0.25, 0.3) is 0 Å². The van der Waals surface area contributed by atoms with Gasteiger partial charge in [0.1, 0.15) is 0 Å². The van der Waals surface area contributed by atoms with E-state index < -0.39 is 18.0 Å². The first-order chi connectivity index (χ1) is 9.66. The summed E-state index contributed by atoms with van der Waals surface area (Å²) in [6.45, 7) is 0. The van der Waals surface area contributed by atoms with Crippen molar-refractivity contribution in [1.82, 2.24) is 0 Å². The van der Waals surface area contributed by atoms with Crippen molar-refractivity contribution >= 4 is 11.9 Å². The molecule has 0 amide bonds. The first-order valence-electron chi connectivity index (χ1n) is 6.18. The number of carboxylic acids is 1. The van der Waals surface area contributed by atoms with Crippen LogP contribution in [0.5, 0.6) is 0 Å². The van der Waals surface area contributed by atoms with Gasteiger partial charge in [-0.3, -0.25) is 4.79 Å². The van der Waals surface area contributed by atoms with Crippen LogP contribution in [-0.4, -0.2) is 17.0 Å². The lowest BCUT2D eigenvalue weighted by Gasteiger charge is -2.14. The molecule has 4 heteroatoms. The smallest absolute Gasteiger partial charge is 0.349 e. The van der Waals surface area contributed by atoms with Crippen LogP contribution in [0, 0.1) is 0 Å². The van der Waals surface area contributed by atoms with Gasteiger partial charge >= 0.3 is 11.9 Å². The average Bonchev–Trinajstić information content (AvgIpc) is 2.46. The van der Waals surface area contributed by atoms with Crippen molar-refractivity contribution in [1.29, 1.82) is 0 Å². The van der Waals surface area contributed by atoms with Crippen molar-refractivity contribution in [3.05, 3.63) is 71.8 Å². The van der Waals surface area contributed by atoms with Crippen molar-refractivity contribution in [3.8, 4) is 0 Å². The Labute approximate surface area is 116 Å². The molecule has 2 aromatic rings. The number of carbonyl (C=O) groups is 2. The standard InChI is InChI=1S/C16H14O4/c17-14(11-12-7-3-1-4-8-12)20-15(16(18)19)13-9-5-2-6-10-13/h1-10,15H,11H2,(H,18,19). The van der Waals surface area contributed by atoms with Gasteiger partial charge in [-0.25, -0.2) is 4.79 Å². The van der Waals surface area contributed by atoms with Gasteiger partial charge in [0, 0.05) is 5.56 Å². The highest BCUT2D eigenvalue weighted by Crippen LogP contribution is 2.18. The maximum absolute atomic E-state index is 11.8. The van der Waals surface area contributed by atoms with E-state index in [1.165, 1.54) is 0 Å². The molecule has 0 aromatic heterocycles. The third kappa shape index (κ3) is 3.68. The van der Waals surface area contributed by atoms with Gasteiger partial charge in [-0.2, -0.15) is 0 Å². The SMILES string of the molecule is O=C(Cc1ccccc1)OC(C(=O)O)c1ccccc1. The summed E-state index contributed by atoms with van der Waals surface area (Å²) in [7, 11) is 0. The monoisotopic (exact) mass is 270 g/mol. The van der Waals surface area contributed by atoms with E-state index in [0.717, 1.165) is 5.56 Å². The third-order valence-corrected chi connectivity index (χ3v) is 2.77. The van der Waals surface area contributed by atoms with E-state index in [4.69, 9.17) is 9.84 Å². The lowest BCUT2D eigenvalue weighted by molar-refractivity contribution is -0.164. The molecule has 1 unspecified atom stereocenters. The summed E-state index contributed by atoms with van der Waals surface area (Å²) < 4.78 is 5.06. The Morgan fingerprint density at radius 1 is 0.950 bits per heavy atom. The largest absolute Gasteiger partial charge is 0.478 e. The Hall–Kier alpha value is -2.62. The van der Waals surface area contributed by atoms with E-state index in [1.54, 1.807) is 42.5 Å². The molecule has 4 nitrogen and oxygen atoms in total. The molecular weight excluding hydrogens is 256 g/mol. The number of benzene rings is 2. The molecule has 2 rings (SSSR count). The summed E-state index contributed by atoms with van der Waals surface area (Å²) in [6, 6.07) is 17.5. The van der Waals surface area contributed by atoms with Gasteiger partial charge in [-0.15, -0.1) is 0 Å². The third-order valence-electron chi connectivity index (χ3n) is 2.77. The molecule has 0 saturated carbocycles. The van der Waals surface area contributed by atoms with E-state index in [9.17, 15) is 9.59 Å². The number of hydrogen-bond acceptors (Lipinski definition) is 3. The fraction of sp³-hybridized carbons (Fsp3) is 0.125. The quantitative estimate of drug-likeness (QED) is 0.848. The summed E-state index contributed by atoms with van der Waals surface area (Å²) >= 11 is 0. The zero-order valence-corrected chi connectivity index (χ0v) is 10.7. The number of rotatable bonds is 5. The number of carbonyl (C=O) groups excluding carboxylic acids is 1. The van der Waals surface area contributed by atoms with Crippen LogP contribution in [-0.2, 0) is 20.7 Å². The number of hydrogen-bond donors (Lipinski definition) is 1. The highest BCUT2D eigenvalue weighted by atomic mass is 16.6. The van der Waals surface area contributed by atoms with Crippen molar-refractivity contribution in [2.75, 3.05) is 0 Å². The molecule has 0 aliphatic heterocycles. The predicted molar refractivity (Wildman–Crippen MR) is 73.1 cm³/mol. The number of aliphatic carboxylic acids is 1. The van der Waals surface area contributed by atoms with Crippen LogP contribution in [0.1, 0.15) is 17.2 Å². The van der Waals surface area contributed by atoms with E-state index in [2.05, 4.69) is 0 Å². The Balaban J connectivity index is 2.06. The van der Waals surface area contributed by atoms with Crippen LogP contribution in [0.3, 0.4) is 0 Å². The van der Waals surface area contributed by atoms with Gasteiger partial charge in [0.25, 0.3) is 0 Å². The first kappa shape index (κ1) is 13.8. The second-order valence-corrected chi connectivity index (χ2v) is 4.28. The van der Waals surface area contributed by atoms with Crippen molar-refractivity contribution in [2.45, 2.75) is 12.5 Å². The van der Waals surface area contributed by atoms with E-state index >= 15 is 0 Å². The first-order valence-corrected chi connectivity index (χ1v) is 6.18. The maximum atomic E-state index is 11.8. The molecule has 0 aliphatic carbocycles. The maximum Gasteiger partial charge on any atom is 0.349 e. The minimum atomic E-state index is -1.27. The fourth-order valence-corrected chi connectivity index (χ4v) is 1.82. The molecule has 1 atom stereocenters. The van der Waals surface area contributed by atoms with Gasteiger partial charge in [0.15, 0.2) is 0 Å². The summed E-state index contributed by atoms with van der Waals surface area (Å²) in [5.74, 6) is -1.75. The lowest BCUT2D eigenvalue weighted by atomic mass is 10.1. The van der Waals surface area contributed by atoms with Crippen LogP contribution in [0.2, 0.25) is 0 Å². The Kier molecular flexibility index (Phi) is 4.50. The molecule has 0 bridgehead atoms. The molecular formula is C16H14O4. The highest BCUT2D eigenvalue weighted by molar-refractivity contribution is 5.80. The predicted octanol–water partition coefficient (Wildman–Crippen LogP) is 2.60. The van der Waals surface area contributed by atoms with Crippen LogP contribution < -0.4 is 0 Å². The molecule has 0 saturated heterocycles. The molecule has 20 heavy (non-hydrogen) atoms. The second kappa shape index (κ2) is 6.52. The fourth-order valence-electron chi connectivity index (χ4n) is 1.82. The Morgan fingerprint density at radius 2 is 1.50 bits per heavy atom. The van der Waals surface area contributed by atoms with Gasteiger partial charge in [0.05, 0.1) is 6.42 Å². The van der Waals surface area contributed by atoms with Gasteiger partial charge in [0.2, 0.25) is 6.10 Å². The molecule has 0 aliphatic rings. The van der Waals surface area contributed by atoms with Gasteiger partial charge in [-0.05, 0) is 5.56 Å². The van der Waals surface area contributed by atoms with Crippen molar-refractivity contribution in [3.63, 3.8) is 0 Å². The summed E-state index contributed by atoms with van der Waals surface area (Å²) in [5.41, 5.74) is 1.23. The minimum Gasteiger partial charge on any atom is -0.478 e. The minimum absolute atomic E-state index is 0.0530. The van der Waals surface area contributed by atoms with Gasteiger partial charge < -0.3 is 9.84 Å². The zero-order chi connectivity index (χ0) is 14.4. The molecule has 1 N–H and O–H groups in total. The van der Waals surface area contributed by atoms with Crippen molar-refractivity contribution in [2.24, 2.45) is 0 Å². The lowest BCUT2D eigenvalue weighted by Crippen LogP contribution is -2.20. The molecule has 0 spiro atoms. The molecule has 0 fully saturated rings. The number of ether oxygens (including phenoxy) is 1. The van der Waals surface area contributed by atoms with Crippen LogP contribution in [0.4, 0.5) is 0 Å². The Morgan fingerprint density at radius 3 is 2.05 bits per heavy atom. The molecule has 2 aromatic carbocycles. The molecule has 102 valence electrons. The summed E-state index contributed by atoms with van der Waals surface area (Å²) in [5, 5.41) is 9.16. The second-order valence-electron chi connectivity index (χ2n) is 4.28. The average molecular weight is 270 g/mol. The normalized spacial score (nSPS) is 11.6. The zero-order valence-electron chi connectivity index (χ0n) is 10.7. The summed E-state index contributed by atoms with van der Waals surface area (Å²) in [4.78, 5) is 23.0. The Bertz CT molecular complexity index is 578. The van der Waals surface area contributed by atoms with E-state index in [0.29, 0.717) is 5.56 Å². The molecule has 0 heterocycles. The van der Waals surface area contributed by atoms with Crippen LogP contribution in [0.15, 0.2) is 60.7 Å². The van der Waals surface area contributed by atoms with E-state index in [-0.39, 0.29) is 6.42 Å². The number of carboxylic acid groups (broad SMARTS) is 1.